The Morgan fingerprint density at radius 2 is 1.84 bits per heavy atom. The summed E-state index contributed by atoms with van der Waals surface area (Å²) in [6.07, 6.45) is 4.47. The van der Waals surface area contributed by atoms with E-state index in [0.717, 1.165) is 45.0 Å². The van der Waals surface area contributed by atoms with Gasteiger partial charge in [0.2, 0.25) is 5.95 Å². The Balaban J connectivity index is 1.94. The minimum Gasteiger partial charge on any atom is -0.336 e. The summed E-state index contributed by atoms with van der Waals surface area (Å²) in [5, 5.41) is 0.806. The van der Waals surface area contributed by atoms with Crippen molar-refractivity contribution in [2.45, 2.75) is 13.0 Å². The molecular formula is C13H10Br2ClN3. The van der Waals surface area contributed by atoms with Crippen LogP contribution >= 0.6 is 43.5 Å². The summed E-state index contributed by atoms with van der Waals surface area (Å²) < 4.78 is 2.01. The van der Waals surface area contributed by atoms with Crippen LogP contribution in [0.25, 0.3) is 0 Å². The first-order valence-electron chi connectivity index (χ1n) is 5.83. The Hall–Kier alpha value is -0.650. The molecule has 0 radical (unpaired) electrons. The van der Waals surface area contributed by atoms with E-state index in [4.69, 9.17) is 11.6 Å². The summed E-state index contributed by atoms with van der Waals surface area (Å²) in [6.45, 7) is 1.64. The molecule has 0 unspecified atom stereocenters. The van der Waals surface area contributed by atoms with E-state index in [9.17, 15) is 0 Å². The van der Waals surface area contributed by atoms with Gasteiger partial charge in [-0.1, -0.05) is 27.5 Å². The van der Waals surface area contributed by atoms with E-state index < -0.39 is 0 Å². The molecule has 98 valence electrons. The van der Waals surface area contributed by atoms with Gasteiger partial charge in [0.1, 0.15) is 0 Å². The first-order valence-corrected chi connectivity index (χ1v) is 7.80. The first-order chi connectivity index (χ1) is 9.15. The van der Waals surface area contributed by atoms with Crippen LogP contribution < -0.4 is 4.90 Å². The molecule has 0 saturated carbocycles. The van der Waals surface area contributed by atoms with Gasteiger partial charge in [0.25, 0.3) is 0 Å². The highest BCUT2D eigenvalue weighted by atomic mass is 79.9. The molecule has 2 heterocycles. The van der Waals surface area contributed by atoms with Crippen molar-refractivity contribution < 1.29 is 0 Å². The predicted molar refractivity (Wildman–Crippen MR) is 83.6 cm³/mol. The van der Waals surface area contributed by atoms with Gasteiger partial charge in [-0.15, -0.1) is 0 Å². The summed E-state index contributed by atoms with van der Waals surface area (Å²) >= 11 is 13.2. The standard InChI is InChI=1S/C13H10Br2ClN3/c14-8-5-17-13(18-6-8)19-4-3-9-10(7-19)12(16)2-1-11(9)15/h1-2,5-6H,3-4,7H2. The number of anilines is 1. The van der Waals surface area contributed by atoms with Crippen molar-refractivity contribution in [2.75, 3.05) is 11.4 Å². The Morgan fingerprint density at radius 3 is 2.58 bits per heavy atom. The Morgan fingerprint density at radius 1 is 1.11 bits per heavy atom. The maximum absolute atomic E-state index is 6.30. The zero-order valence-corrected chi connectivity index (χ0v) is 13.8. The third kappa shape index (κ3) is 2.64. The molecule has 1 aromatic carbocycles. The van der Waals surface area contributed by atoms with Gasteiger partial charge in [-0.3, -0.25) is 0 Å². The highest BCUT2D eigenvalue weighted by molar-refractivity contribution is 9.10. The minimum absolute atomic E-state index is 0.741. The lowest BCUT2D eigenvalue weighted by Gasteiger charge is -2.30. The molecule has 0 aliphatic carbocycles. The first kappa shape index (κ1) is 13.3. The normalized spacial score (nSPS) is 14.4. The number of hydrogen-bond donors (Lipinski definition) is 0. The Bertz CT molecular complexity index is 616. The smallest absolute Gasteiger partial charge is 0.225 e. The number of fused-ring (bicyclic) bond motifs is 1. The van der Waals surface area contributed by atoms with Crippen LogP contribution in [-0.2, 0) is 13.0 Å². The number of nitrogens with zero attached hydrogens (tertiary/aromatic N) is 3. The lowest BCUT2D eigenvalue weighted by atomic mass is 10.00. The van der Waals surface area contributed by atoms with Crippen LogP contribution in [0, 0.1) is 0 Å². The van der Waals surface area contributed by atoms with Crippen LogP contribution in [0.3, 0.4) is 0 Å². The molecule has 0 atom stereocenters. The fourth-order valence-corrected chi connectivity index (χ4v) is 3.24. The molecule has 1 aliphatic rings. The molecule has 19 heavy (non-hydrogen) atoms. The molecule has 0 saturated heterocycles. The van der Waals surface area contributed by atoms with Gasteiger partial charge < -0.3 is 4.90 Å². The van der Waals surface area contributed by atoms with E-state index in [-0.39, 0.29) is 0 Å². The van der Waals surface area contributed by atoms with Gasteiger partial charge in [0, 0.05) is 35.0 Å². The Kier molecular flexibility index (Phi) is 3.78. The van der Waals surface area contributed by atoms with Crippen molar-refractivity contribution in [3.63, 3.8) is 0 Å². The van der Waals surface area contributed by atoms with E-state index >= 15 is 0 Å². The Labute approximate surface area is 133 Å². The summed E-state index contributed by atoms with van der Waals surface area (Å²) in [5.74, 6) is 0.741. The van der Waals surface area contributed by atoms with E-state index in [1.54, 1.807) is 12.4 Å². The average molecular weight is 404 g/mol. The highest BCUT2D eigenvalue weighted by Gasteiger charge is 2.22. The zero-order chi connectivity index (χ0) is 13.4. The van der Waals surface area contributed by atoms with Crippen molar-refractivity contribution in [3.05, 3.63) is 49.6 Å². The fourth-order valence-electron chi connectivity index (χ4n) is 2.23. The molecule has 1 aromatic heterocycles. The van der Waals surface area contributed by atoms with E-state index in [1.165, 1.54) is 5.56 Å². The van der Waals surface area contributed by atoms with Crippen LogP contribution in [0.5, 0.6) is 0 Å². The topological polar surface area (TPSA) is 29.0 Å². The molecule has 0 fully saturated rings. The summed E-state index contributed by atoms with van der Waals surface area (Å²) in [6, 6.07) is 3.93. The van der Waals surface area contributed by atoms with E-state index in [1.807, 2.05) is 12.1 Å². The van der Waals surface area contributed by atoms with Gasteiger partial charge in [-0.05, 0) is 45.6 Å². The van der Waals surface area contributed by atoms with E-state index in [2.05, 4.69) is 46.7 Å². The maximum atomic E-state index is 6.30. The molecule has 1 aliphatic heterocycles. The minimum atomic E-state index is 0.741. The van der Waals surface area contributed by atoms with Crippen LogP contribution in [-0.4, -0.2) is 16.5 Å². The summed E-state index contributed by atoms with van der Waals surface area (Å²) in [7, 11) is 0. The van der Waals surface area contributed by atoms with Crippen molar-refractivity contribution in [1.82, 2.24) is 9.97 Å². The predicted octanol–water partition coefficient (Wildman–Crippen LogP) is 4.22. The van der Waals surface area contributed by atoms with Crippen LogP contribution in [0.4, 0.5) is 5.95 Å². The number of halogens is 3. The third-order valence-electron chi connectivity index (χ3n) is 3.19. The molecule has 3 rings (SSSR count). The SMILES string of the molecule is Clc1ccc(Br)c2c1CN(c1ncc(Br)cn1)CC2. The van der Waals surface area contributed by atoms with Gasteiger partial charge in [-0.25, -0.2) is 9.97 Å². The second kappa shape index (κ2) is 5.38. The number of aromatic nitrogens is 2. The highest BCUT2D eigenvalue weighted by Crippen LogP contribution is 2.32. The molecule has 3 nitrogen and oxygen atoms in total. The van der Waals surface area contributed by atoms with Crippen molar-refractivity contribution >= 4 is 49.4 Å². The van der Waals surface area contributed by atoms with Gasteiger partial charge in [0.15, 0.2) is 0 Å². The summed E-state index contributed by atoms with van der Waals surface area (Å²) in [4.78, 5) is 10.8. The van der Waals surface area contributed by atoms with E-state index in [0.29, 0.717) is 0 Å². The quantitative estimate of drug-likeness (QED) is 0.714. The largest absolute Gasteiger partial charge is 0.336 e. The lowest BCUT2D eigenvalue weighted by molar-refractivity contribution is 0.705. The number of benzene rings is 1. The number of rotatable bonds is 1. The molecule has 2 aromatic rings. The third-order valence-corrected chi connectivity index (χ3v) is 4.69. The van der Waals surface area contributed by atoms with Gasteiger partial charge in [-0.2, -0.15) is 0 Å². The zero-order valence-electron chi connectivity index (χ0n) is 9.91. The van der Waals surface area contributed by atoms with Gasteiger partial charge in [0.05, 0.1) is 4.47 Å². The fraction of sp³-hybridized carbons (Fsp3) is 0.231. The van der Waals surface area contributed by atoms with Crippen LogP contribution in [0.1, 0.15) is 11.1 Å². The molecule has 0 spiro atoms. The second-order valence-corrected chi connectivity index (χ2v) is 6.54. The molecule has 0 bridgehead atoms. The molecule has 0 amide bonds. The van der Waals surface area contributed by atoms with Crippen molar-refractivity contribution in [3.8, 4) is 0 Å². The van der Waals surface area contributed by atoms with Crippen LogP contribution in [0.2, 0.25) is 5.02 Å². The lowest BCUT2D eigenvalue weighted by Crippen LogP contribution is -2.32. The number of hydrogen-bond acceptors (Lipinski definition) is 3. The van der Waals surface area contributed by atoms with Gasteiger partial charge >= 0.3 is 0 Å². The van der Waals surface area contributed by atoms with Crippen molar-refractivity contribution in [1.29, 1.82) is 0 Å². The molecular weight excluding hydrogens is 393 g/mol. The summed E-state index contributed by atoms with van der Waals surface area (Å²) in [5.41, 5.74) is 2.45. The second-order valence-electron chi connectivity index (χ2n) is 4.36. The molecule has 0 N–H and O–H groups in total. The molecule has 6 heteroatoms. The van der Waals surface area contributed by atoms with Crippen LogP contribution in [0.15, 0.2) is 33.5 Å². The monoisotopic (exact) mass is 401 g/mol. The maximum Gasteiger partial charge on any atom is 0.225 e. The average Bonchev–Trinajstić information content (AvgIpc) is 2.43. The van der Waals surface area contributed by atoms with Crippen molar-refractivity contribution in [2.24, 2.45) is 0 Å².